The summed E-state index contributed by atoms with van der Waals surface area (Å²) < 4.78 is 5.02. The summed E-state index contributed by atoms with van der Waals surface area (Å²) in [7, 11) is 1.61. The van der Waals surface area contributed by atoms with Crippen LogP contribution in [0.4, 0.5) is 5.95 Å². The summed E-state index contributed by atoms with van der Waals surface area (Å²) in [6.07, 6.45) is 5.99. The number of nitrogens with one attached hydrogen (secondary N) is 1. The Hall–Kier alpha value is -1.36. The number of hydrogen-bond acceptors (Lipinski definition) is 5. The zero-order chi connectivity index (χ0) is 12.8. The van der Waals surface area contributed by atoms with Gasteiger partial charge in [-0.3, -0.25) is 0 Å². The fourth-order valence-electron chi connectivity index (χ4n) is 2.12. The van der Waals surface area contributed by atoms with Gasteiger partial charge < -0.3 is 15.0 Å². The van der Waals surface area contributed by atoms with Gasteiger partial charge in [0.15, 0.2) is 5.75 Å². The lowest BCUT2D eigenvalue weighted by atomic mass is 9.99. The molecule has 0 saturated carbocycles. The summed E-state index contributed by atoms with van der Waals surface area (Å²) >= 11 is 0. The average molecular weight is 250 g/mol. The number of ether oxygens (including phenoxy) is 1. The number of piperidine rings is 1. The molecule has 1 aromatic heterocycles. The second kappa shape index (κ2) is 6.54. The van der Waals surface area contributed by atoms with Crippen molar-refractivity contribution in [3.8, 4) is 5.75 Å². The van der Waals surface area contributed by atoms with E-state index in [1.807, 2.05) is 0 Å². The monoisotopic (exact) mass is 250 g/mol. The molecule has 1 fully saturated rings. The number of likely N-dealkylation sites (tertiary alicyclic amines) is 1. The van der Waals surface area contributed by atoms with Gasteiger partial charge in [0, 0.05) is 13.1 Å². The highest BCUT2D eigenvalue weighted by atomic mass is 16.5. The summed E-state index contributed by atoms with van der Waals surface area (Å²) in [4.78, 5) is 10.9. The first-order valence-electron chi connectivity index (χ1n) is 6.60. The first-order chi connectivity index (χ1) is 8.78. The van der Waals surface area contributed by atoms with E-state index < -0.39 is 0 Å². The van der Waals surface area contributed by atoms with Gasteiger partial charge in [-0.25, -0.2) is 9.97 Å². The van der Waals surface area contributed by atoms with E-state index in [-0.39, 0.29) is 0 Å². The Labute approximate surface area is 109 Å². The Kier molecular flexibility index (Phi) is 4.75. The molecule has 1 N–H and O–H groups in total. The lowest BCUT2D eigenvalue weighted by molar-refractivity contribution is 0.199. The third-order valence-electron chi connectivity index (χ3n) is 3.45. The first-order valence-corrected chi connectivity index (χ1v) is 6.60. The molecule has 2 rings (SSSR count). The number of anilines is 1. The summed E-state index contributed by atoms with van der Waals surface area (Å²) in [6, 6.07) is 0. The Balaban J connectivity index is 1.68. The van der Waals surface area contributed by atoms with Crippen molar-refractivity contribution in [1.82, 2.24) is 14.9 Å². The predicted octanol–water partition coefficient (Wildman–Crippen LogP) is 1.63. The van der Waals surface area contributed by atoms with E-state index in [1.54, 1.807) is 19.5 Å². The van der Waals surface area contributed by atoms with E-state index in [0.29, 0.717) is 11.7 Å². The molecule has 2 heterocycles. The van der Waals surface area contributed by atoms with Crippen LogP contribution >= 0.6 is 0 Å². The molecule has 0 bridgehead atoms. The van der Waals surface area contributed by atoms with E-state index in [0.717, 1.165) is 19.0 Å². The van der Waals surface area contributed by atoms with Gasteiger partial charge in [0.2, 0.25) is 5.95 Å². The second-order valence-electron chi connectivity index (χ2n) is 4.90. The maximum absolute atomic E-state index is 5.02. The third kappa shape index (κ3) is 3.84. The minimum Gasteiger partial charge on any atom is -0.494 e. The normalized spacial score (nSPS) is 17.7. The molecular weight excluding hydrogens is 228 g/mol. The van der Waals surface area contributed by atoms with Gasteiger partial charge in [0.1, 0.15) is 0 Å². The molecule has 100 valence electrons. The van der Waals surface area contributed by atoms with Crippen molar-refractivity contribution in [1.29, 1.82) is 0 Å². The van der Waals surface area contributed by atoms with Crippen LogP contribution in [0.25, 0.3) is 0 Å². The number of aromatic nitrogens is 2. The van der Waals surface area contributed by atoms with Crippen LogP contribution in [0.15, 0.2) is 12.4 Å². The molecule has 1 saturated heterocycles. The molecule has 0 spiro atoms. The van der Waals surface area contributed by atoms with Crippen molar-refractivity contribution >= 4 is 5.95 Å². The molecule has 0 radical (unpaired) electrons. The second-order valence-corrected chi connectivity index (χ2v) is 4.90. The fraction of sp³-hybridized carbons (Fsp3) is 0.692. The zero-order valence-electron chi connectivity index (χ0n) is 11.2. The summed E-state index contributed by atoms with van der Waals surface area (Å²) in [5.41, 5.74) is 0. The number of hydrogen-bond donors (Lipinski definition) is 1. The molecule has 5 nitrogen and oxygen atoms in total. The fourth-order valence-corrected chi connectivity index (χ4v) is 2.12. The van der Waals surface area contributed by atoms with E-state index >= 15 is 0 Å². The van der Waals surface area contributed by atoms with Crippen molar-refractivity contribution < 1.29 is 4.74 Å². The smallest absolute Gasteiger partial charge is 0.222 e. The summed E-state index contributed by atoms with van der Waals surface area (Å²) in [6.45, 7) is 6.71. The van der Waals surface area contributed by atoms with Crippen LogP contribution in [0.2, 0.25) is 0 Å². The topological polar surface area (TPSA) is 50.3 Å². The predicted molar refractivity (Wildman–Crippen MR) is 71.9 cm³/mol. The Morgan fingerprint density at radius 2 is 2.00 bits per heavy atom. The van der Waals surface area contributed by atoms with Gasteiger partial charge in [0.25, 0.3) is 0 Å². The van der Waals surface area contributed by atoms with Crippen LogP contribution in [-0.4, -0.2) is 48.2 Å². The molecule has 5 heteroatoms. The van der Waals surface area contributed by atoms with Crippen LogP contribution in [0, 0.1) is 5.92 Å². The van der Waals surface area contributed by atoms with E-state index in [2.05, 4.69) is 27.1 Å². The number of nitrogens with zero attached hydrogens (tertiary/aromatic N) is 3. The molecule has 1 aromatic rings. The minimum atomic E-state index is 0.668. The molecule has 0 aliphatic carbocycles. The molecule has 1 aliphatic heterocycles. The highest BCUT2D eigenvalue weighted by molar-refractivity contribution is 5.26. The average Bonchev–Trinajstić information content (AvgIpc) is 2.42. The molecule has 18 heavy (non-hydrogen) atoms. The Morgan fingerprint density at radius 1 is 1.33 bits per heavy atom. The maximum atomic E-state index is 5.02. The van der Waals surface area contributed by atoms with Gasteiger partial charge in [0.05, 0.1) is 19.5 Å². The van der Waals surface area contributed by atoms with Crippen molar-refractivity contribution in [3.05, 3.63) is 12.4 Å². The van der Waals surface area contributed by atoms with E-state index in [9.17, 15) is 0 Å². The molecule has 0 unspecified atom stereocenters. The molecule has 0 aromatic carbocycles. The van der Waals surface area contributed by atoms with Crippen molar-refractivity contribution in [3.63, 3.8) is 0 Å². The SMILES string of the molecule is COc1cnc(NCCN2CCC(C)CC2)nc1. The van der Waals surface area contributed by atoms with Crippen LogP contribution in [0.1, 0.15) is 19.8 Å². The standard InChI is InChI=1S/C13H22N4O/c1-11-3-6-17(7-4-11)8-5-14-13-15-9-12(18-2)10-16-13/h9-11H,3-8H2,1-2H3,(H,14,15,16). The third-order valence-corrected chi connectivity index (χ3v) is 3.45. The lowest BCUT2D eigenvalue weighted by Crippen LogP contribution is -2.36. The van der Waals surface area contributed by atoms with Crippen molar-refractivity contribution in [2.75, 3.05) is 38.6 Å². The first kappa shape index (κ1) is 13.1. The summed E-state index contributed by atoms with van der Waals surface area (Å²) in [5, 5.41) is 3.24. The van der Waals surface area contributed by atoms with E-state index in [1.165, 1.54) is 25.9 Å². The van der Waals surface area contributed by atoms with Gasteiger partial charge >= 0.3 is 0 Å². The van der Waals surface area contributed by atoms with Crippen LogP contribution in [0.3, 0.4) is 0 Å². The zero-order valence-corrected chi connectivity index (χ0v) is 11.2. The maximum Gasteiger partial charge on any atom is 0.222 e. The van der Waals surface area contributed by atoms with Gasteiger partial charge in [-0.2, -0.15) is 0 Å². The molecule has 0 atom stereocenters. The van der Waals surface area contributed by atoms with Gasteiger partial charge in [-0.05, 0) is 31.8 Å². The lowest BCUT2D eigenvalue weighted by Gasteiger charge is -2.30. The quantitative estimate of drug-likeness (QED) is 0.860. The van der Waals surface area contributed by atoms with Gasteiger partial charge in [-0.15, -0.1) is 0 Å². The van der Waals surface area contributed by atoms with Crippen molar-refractivity contribution in [2.24, 2.45) is 5.92 Å². The number of rotatable bonds is 5. The van der Waals surface area contributed by atoms with Crippen molar-refractivity contribution in [2.45, 2.75) is 19.8 Å². The molecular formula is C13H22N4O. The van der Waals surface area contributed by atoms with Crippen LogP contribution in [-0.2, 0) is 0 Å². The van der Waals surface area contributed by atoms with E-state index in [4.69, 9.17) is 4.74 Å². The highest BCUT2D eigenvalue weighted by Gasteiger charge is 2.14. The molecule has 0 amide bonds. The molecule has 1 aliphatic rings. The van der Waals surface area contributed by atoms with Crippen LogP contribution in [0.5, 0.6) is 5.75 Å². The van der Waals surface area contributed by atoms with Gasteiger partial charge in [-0.1, -0.05) is 6.92 Å². The highest BCUT2D eigenvalue weighted by Crippen LogP contribution is 2.15. The number of methoxy groups -OCH3 is 1. The Morgan fingerprint density at radius 3 is 2.61 bits per heavy atom. The summed E-state index contributed by atoms with van der Waals surface area (Å²) in [5.74, 6) is 2.24. The van der Waals surface area contributed by atoms with Crippen LogP contribution < -0.4 is 10.1 Å². The Bertz CT molecular complexity index is 347. The minimum absolute atomic E-state index is 0.668. The largest absolute Gasteiger partial charge is 0.494 e.